The van der Waals surface area contributed by atoms with Crippen molar-refractivity contribution in [3.8, 4) is 28.7 Å². The topological polar surface area (TPSA) is 95.6 Å². The van der Waals surface area contributed by atoms with Crippen LogP contribution in [0.3, 0.4) is 0 Å². The van der Waals surface area contributed by atoms with Crippen LogP contribution in [-0.2, 0) is 11.2 Å². The predicted octanol–water partition coefficient (Wildman–Crippen LogP) is 4.78. The second-order valence-corrected chi connectivity index (χ2v) is 9.59. The molecule has 0 saturated carbocycles. The van der Waals surface area contributed by atoms with Gasteiger partial charge >= 0.3 is 0 Å². The zero-order valence-electron chi connectivity index (χ0n) is 24.5. The van der Waals surface area contributed by atoms with E-state index in [2.05, 4.69) is 5.32 Å². The lowest BCUT2D eigenvalue weighted by Gasteiger charge is -2.40. The van der Waals surface area contributed by atoms with Crippen molar-refractivity contribution in [2.24, 2.45) is 0 Å². The van der Waals surface area contributed by atoms with Gasteiger partial charge in [0.1, 0.15) is 5.75 Å². The number of fused-ring (bicyclic) bond motifs is 1. The lowest BCUT2D eigenvalue weighted by molar-refractivity contribution is -0.124. The molecule has 1 N–H and O–H groups in total. The minimum Gasteiger partial charge on any atom is -0.497 e. The Morgan fingerprint density at radius 2 is 1.49 bits per heavy atom. The van der Waals surface area contributed by atoms with E-state index in [9.17, 15) is 9.59 Å². The number of hydrogen-bond donors (Lipinski definition) is 1. The number of hydrogen-bond acceptors (Lipinski definition) is 7. The maximum Gasteiger partial charge on any atom is 0.254 e. The lowest BCUT2D eigenvalue weighted by Crippen LogP contribution is -2.46. The van der Waals surface area contributed by atoms with Gasteiger partial charge in [0.2, 0.25) is 5.91 Å². The van der Waals surface area contributed by atoms with Crippen molar-refractivity contribution in [3.05, 3.63) is 76.9 Å². The zero-order valence-corrected chi connectivity index (χ0v) is 24.5. The first kappa shape index (κ1) is 29.6. The summed E-state index contributed by atoms with van der Waals surface area (Å²) in [6, 6.07) is 16.1. The molecule has 0 saturated heterocycles. The van der Waals surface area contributed by atoms with Gasteiger partial charge in [0.25, 0.3) is 5.91 Å². The summed E-state index contributed by atoms with van der Waals surface area (Å²) < 4.78 is 27.7. The van der Waals surface area contributed by atoms with Crippen molar-refractivity contribution >= 4 is 11.8 Å². The van der Waals surface area contributed by atoms with Gasteiger partial charge in [-0.25, -0.2) is 0 Å². The van der Waals surface area contributed by atoms with Gasteiger partial charge in [0.15, 0.2) is 23.0 Å². The van der Waals surface area contributed by atoms with Crippen LogP contribution < -0.4 is 29.0 Å². The molecule has 4 rings (SSSR count). The summed E-state index contributed by atoms with van der Waals surface area (Å²) in [6.45, 7) is 5.31. The summed E-state index contributed by atoms with van der Waals surface area (Å²) in [4.78, 5) is 29.2. The van der Waals surface area contributed by atoms with E-state index in [1.807, 2.05) is 56.3 Å². The number of nitrogens with zero attached hydrogens (tertiary/aromatic N) is 1. The quantitative estimate of drug-likeness (QED) is 0.340. The molecular weight excluding hydrogens is 524 g/mol. The fraction of sp³-hybridized carbons (Fsp3) is 0.375. The highest BCUT2D eigenvalue weighted by Gasteiger charge is 2.43. The van der Waals surface area contributed by atoms with Gasteiger partial charge in [-0.1, -0.05) is 18.2 Å². The molecule has 3 aromatic carbocycles. The highest BCUT2D eigenvalue weighted by atomic mass is 16.5. The van der Waals surface area contributed by atoms with E-state index in [0.29, 0.717) is 66.1 Å². The molecule has 3 aromatic rings. The first-order valence-electron chi connectivity index (χ1n) is 13.7. The summed E-state index contributed by atoms with van der Waals surface area (Å²) in [5.41, 5.74) is 2.81. The minimum atomic E-state index is -0.694. The van der Waals surface area contributed by atoms with Crippen LogP contribution in [0.4, 0.5) is 0 Å². The summed E-state index contributed by atoms with van der Waals surface area (Å²) in [6.07, 6.45) is 0.589. The second kappa shape index (κ2) is 13.3. The summed E-state index contributed by atoms with van der Waals surface area (Å²) in [5.74, 6) is 1.84. The molecule has 2 atom stereocenters. The average molecular weight is 563 g/mol. The van der Waals surface area contributed by atoms with Gasteiger partial charge in [-0.2, -0.15) is 0 Å². The van der Waals surface area contributed by atoms with E-state index in [1.54, 1.807) is 31.2 Å². The van der Waals surface area contributed by atoms with E-state index in [-0.39, 0.29) is 11.8 Å². The third-order valence-corrected chi connectivity index (χ3v) is 7.24. The van der Waals surface area contributed by atoms with Crippen LogP contribution in [0.2, 0.25) is 0 Å². The molecule has 0 fully saturated rings. The molecule has 1 aliphatic heterocycles. The highest BCUT2D eigenvalue weighted by Crippen LogP contribution is 2.45. The number of likely N-dealkylation sites (N-methyl/N-ethyl adjacent to an activating group) is 1. The summed E-state index contributed by atoms with van der Waals surface area (Å²) >= 11 is 0. The number of carbonyl (C=O) groups is 2. The van der Waals surface area contributed by atoms with Gasteiger partial charge in [-0.15, -0.1) is 0 Å². The Bertz CT molecular complexity index is 1370. The third kappa shape index (κ3) is 6.19. The smallest absolute Gasteiger partial charge is 0.254 e. The fourth-order valence-electron chi connectivity index (χ4n) is 5.24. The van der Waals surface area contributed by atoms with Crippen LogP contribution in [0.15, 0.2) is 54.6 Å². The third-order valence-electron chi connectivity index (χ3n) is 7.24. The van der Waals surface area contributed by atoms with Crippen LogP contribution in [0.1, 0.15) is 52.9 Å². The van der Waals surface area contributed by atoms with Crippen molar-refractivity contribution in [2.75, 3.05) is 48.1 Å². The van der Waals surface area contributed by atoms with Gasteiger partial charge in [-0.05, 0) is 73.4 Å². The van der Waals surface area contributed by atoms with Gasteiger partial charge < -0.3 is 33.9 Å². The van der Waals surface area contributed by atoms with Crippen LogP contribution in [0.25, 0.3) is 0 Å². The number of rotatable bonds is 12. The molecule has 9 heteroatoms. The van der Waals surface area contributed by atoms with Crippen molar-refractivity contribution in [1.29, 1.82) is 0 Å². The molecule has 0 spiro atoms. The summed E-state index contributed by atoms with van der Waals surface area (Å²) in [5, 5.41) is 3.11. The van der Waals surface area contributed by atoms with Crippen LogP contribution in [0, 0.1) is 0 Å². The molecular formula is C32H38N2O7. The van der Waals surface area contributed by atoms with Gasteiger partial charge in [0.05, 0.1) is 46.5 Å². The Kier molecular flexibility index (Phi) is 9.60. The van der Waals surface area contributed by atoms with Crippen molar-refractivity contribution in [1.82, 2.24) is 10.2 Å². The fourth-order valence-corrected chi connectivity index (χ4v) is 5.24. The molecule has 0 radical (unpaired) electrons. The number of methoxy groups -OCH3 is 3. The average Bonchev–Trinajstić information content (AvgIpc) is 2.99. The largest absolute Gasteiger partial charge is 0.497 e. The molecule has 1 aliphatic rings. The van der Waals surface area contributed by atoms with Crippen molar-refractivity contribution in [2.45, 2.75) is 32.2 Å². The maximum absolute atomic E-state index is 14.0. The van der Waals surface area contributed by atoms with E-state index in [1.165, 1.54) is 14.2 Å². The highest BCUT2D eigenvalue weighted by molar-refractivity contribution is 6.02. The molecule has 41 heavy (non-hydrogen) atoms. The van der Waals surface area contributed by atoms with Crippen molar-refractivity contribution in [3.63, 3.8) is 0 Å². The van der Waals surface area contributed by atoms with Crippen LogP contribution in [0.5, 0.6) is 28.7 Å². The number of amides is 2. The Morgan fingerprint density at radius 1 is 0.829 bits per heavy atom. The standard InChI is InChI=1S/C32H38N2O7/c1-7-40-25-14-9-20(17-28(25)41-8-2)15-16-33-31(35)29-23-18-26(38-5)27(39-6)19-24(23)32(36)34(3)30(29)21-10-12-22(37-4)13-11-21/h9-14,17-19,29-30H,7-8,15-16H2,1-6H3,(H,33,35)/t29-,30-/m0/s1. The van der Waals surface area contributed by atoms with Gasteiger partial charge in [-0.3, -0.25) is 9.59 Å². The monoisotopic (exact) mass is 562 g/mol. The number of benzene rings is 3. The Labute approximate surface area is 241 Å². The van der Waals surface area contributed by atoms with E-state index >= 15 is 0 Å². The second-order valence-electron chi connectivity index (χ2n) is 9.59. The van der Waals surface area contributed by atoms with E-state index < -0.39 is 12.0 Å². The molecule has 218 valence electrons. The number of carbonyl (C=O) groups excluding carboxylic acids is 2. The summed E-state index contributed by atoms with van der Waals surface area (Å²) in [7, 11) is 6.36. The molecule has 0 bridgehead atoms. The van der Waals surface area contributed by atoms with Crippen molar-refractivity contribution < 1.29 is 33.3 Å². The molecule has 2 amide bonds. The SMILES string of the molecule is CCOc1ccc(CCNC(=O)[C@H]2c3cc(OC)c(OC)cc3C(=O)N(C)[C@H]2c2ccc(OC)cc2)cc1OCC. The molecule has 0 aromatic heterocycles. The minimum absolute atomic E-state index is 0.199. The van der Waals surface area contributed by atoms with Gasteiger partial charge in [0, 0.05) is 19.2 Å². The van der Waals surface area contributed by atoms with E-state index in [4.69, 9.17) is 23.7 Å². The molecule has 9 nitrogen and oxygen atoms in total. The molecule has 0 aliphatic carbocycles. The lowest BCUT2D eigenvalue weighted by atomic mass is 9.79. The predicted molar refractivity (Wildman–Crippen MR) is 156 cm³/mol. The number of ether oxygens (including phenoxy) is 5. The Morgan fingerprint density at radius 3 is 2.12 bits per heavy atom. The van der Waals surface area contributed by atoms with Crippen LogP contribution >= 0.6 is 0 Å². The first-order chi connectivity index (χ1) is 19.9. The first-order valence-corrected chi connectivity index (χ1v) is 13.7. The molecule has 1 heterocycles. The Hall–Kier alpha value is -4.40. The normalized spacial score (nSPS) is 16.0. The number of nitrogens with one attached hydrogen (secondary N) is 1. The van der Waals surface area contributed by atoms with E-state index in [0.717, 1.165) is 11.1 Å². The maximum atomic E-state index is 14.0. The Balaban J connectivity index is 1.66. The van der Waals surface area contributed by atoms with Crippen LogP contribution in [-0.4, -0.2) is 64.8 Å². The zero-order chi connectivity index (χ0) is 29.5. The molecule has 0 unspecified atom stereocenters.